The molecular weight excluding hydrogens is 288 g/mol. The van der Waals surface area contributed by atoms with Crippen LogP contribution in [0, 0.1) is 5.92 Å². The van der Waals surface area contributed by atoms with Gasteiger partial charge in [-0.05, 0) is 25.2 Å². The van der Waals surface area contributed by atoms with E-state index < -0.39 is 9.84 Å². The number of carbonyl (C=O) groups is 1. The molecule has 0 aromatic heterocycles. The first-order valence-corrected chi connectivity index (χ1v) is 8.38. The largest absolute Gasteiger partial charge is 0.338 e. The Hall–Kier alpha value is -0.330. The Morgan fingerprint density at radius 1 is 1.37 bits per heavy atom. The summed E-state index contributed by atoms with van der Waals surface area (Å²) >= 11 is 0. The standard InChI is InChI=1S/C12H24N2O3S.ClH/c1-10(2)8-18(16,17)9-12(15)14-6-4-3-5-11(14)7-13;/h10-11H,3-9,13H2,1-2H3;1H. The summed E-state index contributed by atoms with van der Waals surface area (Å²) in [7, 11) is -3.29. The van der Waals surface area contributed by atoms with Gasteiger partial charge in [0.2, 0.25) is 5.91 Å². The van der Waals surface area contributed by atoms with Crippen molar-refractivity contribution in [2.45, 2.75) is 39.2 Å². The van der Waals surface area contributed by atoms with E-state index >= 15 is 0 Å². The minimum Gasteiger partial charge on any atom is -0.338 e. The lowest BCUT2D eigenvalue weighted by Crippen LogP contribution is -2.49. The molecule has 1 aliphatic heterocycles. The molecule has 0 aromatic rings. The predicted octanol–water partition coefficient (Wildman–Crippen LogP) is 0.819. The zero-order valence-corrected chi connectivity index (χ0v) is 13.3. The Labute approximate surface area is 122 Å². The molecular formula is C12H25ClN2O3S. The molecule has 0 radical (unpaired) electrons. The maximum atomic E-state index is 12.1. The van der Waals surface area contributed by atoms with Crippen molar-refractivity contribution in [2.75, 3.05) is 24.6 Å². The average molecular weight is 313 g/mol. The van der Waals surface area contributed by atoms with Crippen LogP contribution in [-0.4, -0.2) is 49.9 Å². The quantitative estimate of drug-likeness (QED) is 0.815. The lowest BCUT2D eigenvalue weighted by molar-refractivity contribution is -0.131. The van der Waals surface area contributed by atoms with Crippen molar-refractivity contribution in [1.82, 2.24) is 4.90 Å². The van der Waals surface area contributed by atoms with Crippen LogP contribution in [0.15, 0.2) is 0 Å². The highest BCUT2D eigenvalue weighted by molar-refractivity contribution is 7.92. The summed E-state index contributed by atoms with van der Waals surface area (Å²) in [5.74, 6) is -0.540. The molecule has 5 nitrogen and oxygen atoms in total. The van der Waals surface area contributed by atoms with Crippen LogP contribution in [0.2, 0.25) is 0 Å². The number of nitrogens with zero attached hydrogens (tertiary/aromatic N) is 1. The Bertz CT molecular complexity index is 384. The minimum absolute atomic E-state index is 0. The van der Waals surface area contributed by atoms with Crippen molar-refractivity contribution in [2.24, 2.45) is 11.7 Å². The molecule has 1 heterocycles. The number of hydrogen-bond acceptors (Lipinski definition) is 4. The molecule has 19 heavy (non-hydrogen) atoms. The lowest BCUT2D eigenvalue weighted by atomic mass is 10.0. The fourth-order valence-electron chi connectivity index (χ4n) is 2.41. The third-order valence-electron chi connectivity index (χ3n) is 3.15. The zero-order valence-electron chi connectivity index (χ0n) is 11.7. The summed E-state index contributed by atoms with van der Waals surface area (Å²) < 4.78 is 23.6. The van der Waals surface area contributed by atoms with Crippen LogP contribution < -0.4 is 5.73 Å². The van der Waals surface area contributed by atoms with Gasteiger partial charge in [0.25, 0.3) is 0 Å². The monoisotopic (exact) mass is 312 g/mol. The summed E-state index contributed by atoms with van der Waals surface area (Å²) in [4.78, 5) is 13.7. The molecule has 1 atom stereocenters. The smallest absolute Gasteiger partial charge is 0.238 e. The van der Waals surface area contributed by atoms with Crippen molar-refractivity contribution in [3.63, 3.8) is 0 Å². The van der Waals surface area contributed by atoms with Gasteiger partial charge in [-0.1, -0.05) is 13.8 Å². The van der Waals surface area contributed by atoms with Crippen LogP contribution in [0.5, 0.6) is 0 Å². The van der Waals surface area contributed by atoms with Gasteiger partial charge < -0.3 is 10.6 Å². The summed E-state index contributed by atoms with van der Waals surface area (Å²) in [6.07, 6.45) is 2.88. The first kappa shape index (κ1) is 18.7. The molecule has 114 valence electrons. The normalized spacial score (nSPS) is 20.2. The van der Waals surface area contributed by atoms with Crippen molar-refractivity contribution >= 4 is 28.2 Å². The molecule has 0 spiro atoms. The second-order valence-corrected chi connectivity index (χ2v) is 7.53. The number of carbonyl (C=O) groups excluding carboxylic acids is 1. The highest BCUT2D eigenvalue weighted by Gasteiger charge is 2.28. The van der Waals surface area contributed by atoms with E-state index in [1.807, 2.05) is 13.8 Å². The molecule has 1 aliphatic rings. The SMILES string of the molecule is CC(C)CS(=O)(=O)CC(=O)N1CCCCC1CN.Cl. The molecule has 1 saturated heterocycles. The van der Waals surface area contributed by atoms with Crippen LogP contribution >= 0.6 is 12.4 Å². The predicted molar refractivity (Wildman–Crippen MR) is 79.1 cm³/mol. The van der Waals surface area contributed by atoms with Gasteiger partial charge in [-0.3, -0.25) is 4.79 Å². The average Bonchev–Trinajstić information content (AvgIpc) is 2.26. The molecule has 0 aromatic carbocycles. The first-order valence-electron chi connectivity index (χ1n) is 6.55. The van der Waals surface area contributed by atoms with E-state index in [4.69, 9.17) is 5.73 Å². The van der Waals surface area contributed by atoms with E-state index in [0.29, 0.717) is 13.1 Å². The molecule has 0 bridgehead atoms. The summed E-state index contributed by atoms with van der Waals surface area (Å²) in [6, 6.07) is 0.0144. The molecule has 0 saturated carbocycles. The summed E-state index contributed by atoms with van der Waals surface area (Å²) in [5, 5.41) is 0. The Morgan fingerprint density at radius 2 is 2.00 bits per heavy atom. The Balaban J connectivity index is 0.00000324. The molecule has 1 fully saturated rings. The third-order valence-corrected chi connectivity index (χ3v) is 5.01. The van der Waals surface area contributed by atoms with E-state index in [2.05, 4.69) is 0 Å². The van der Waals surface area contributed by atoms with Gasteiger partial charge in [-0.15, -0.1) is 12.4 Å². The molecule has 1 amide bonds. The van der Waals surface area contributed by atoms with Crippen molar-refractivity contribution in [3.8, 4) is 0 Å². The fourth-order valence-corrected chi connectivity index (χ4v) is 4.09. The Kier molecular flexibility index (Phi) is 7.93. The fraction of sp³-hybridized carbons (Fsp3) is 0.917. The molecule has 0 aliphatic carbocycles. The number of likely N-dealkylation sites (tertiary alicyclic amines) is 1. The van der Waals surface area contributed by atoms with E-state index in [-0.39, 0.29) is 41.8 Å². The van der Waals surface area contributed by atoms with Crippen molar-refractivity contribution < 1.29 is 13.2 Å². The molecule has 2 N–H and O–H groups in total. The Morgan fingerprint density at radius 3 is 2.53 bits per heavy atom. The van der Waals surface area contributed by atoms with Gasteiger partial charge in [-0.2, -0.15) is 0 Å². The highest BCUT2D eigenvalue weighted by atomic mass is 35.5. The first-order chi connectivity index (χ1) is 8.35. The molecule has 7 heteroatoms. The molecule has 1 unspecified atom stereocenters. The van der Waals surface area contributed by atoms with Gasteiger partial charge in [0.05, 0.1) is 5.75 Å². The van der Waals surface area contributed by atoms with E-state index in [1.165, 1.54) is 0 Å². The van der Waals surface area contributed by atoms with Gasteiger partial charge in [0.15, 0.2) is 9.84 Å². The van der Waals surface area contributed by atoms with Crippen molar-refractivity contribution in [3.05, 3.63) is 0 Å². The second-order valence-electron chi connectivity index (χ2n) is 5.42. The van der Waals surface area contributed by atoms with E-state index in [1.54, 1.807) is 4.90 Å². The third kappa shape index (κ3) is 6.10. The number of amides is 1. The highest BCUT2D eigenvalue weighted by Crippen LogP contribution is 2.17. The maximum Gasteiger partial charge on any atom is 0.238 e. The van der Waals surface area contributed by atoms with Crippen molar-refractivity contribution in [1.29, 1.82) is 0 Å². The van der Waals surface area contributed by atoms with Crippen LogP contribution in [-0.2, 0) is 14.6 Å². The van der Waals surface area contributed by atoms with Crippen LogP contribution in [0.25, 0.3) is 0 Å². The minimum atomic E-state index is -3.29. The van der Waals surface area contributed by atoms with Gasteiger partial charge in [0, 0.05) is 19.1 Å². The second kappa shape index (κ2) is 8.07. The number of sulfone groups is 1. The van der Waals surface area contributed by atoms with Gasteiger partial charge in [0.1, 0.15) is 5.75 Å². The van der Waals surface area contributed by atoms with Crippen LogP contribution in [0.4, 0.5) is 0 Å². The van der Waals surface area contributed by atoms with Crippen LogP contribution in [0.1, 0.15) is 33.1 Å². The van der Waals surface area contributed by atoms with Gasteiger partial charge >= 0.3 is 0 Å². The number of piperidine rings is 1. The van der Waals surface area contributed by atoms with Crippen LogP contribution in [0.3, 0.4) is 0 Å². The molecule has 1 rings (SSSR count). The summed E-state index contributed by atoms with van der Waals surface area (Å²) in [5.41, 5.74) is 5.63. The number of halogens is 1. The topological polar surface area (TPSA) is 80.5 Å². The maximum absolute atomic E-state index is 12.1. The number of hydrogen-bond donors (Lipinski definition) is 1. The van der Waals surface area contributed by atoms with E-state index in [0.717, 1.165) is 19.3 Å². The lowest BCUT2D eigenvalue weighted by Gasteiger charge is -2.35. The zero-order chi connectivity index (χ0) is 13.8. The summed E-state index contributed by atoms with van der Waals surface area (Å²) in [6.45, 7) is 4.73. The number of nitrogens with two attached hydrogens (primary N) is 1. The van der Waals surface area contributed by atoms with Gasteiger partial charge in [-0.25, -0.2) is 8.42 Å². The van der Waals surface area contributed by atoms with E-state index in [9.17, 15) is 13.2 Å². The number of rotatable bonds is 5.